The summed E-state index contributed by atoms with van der Waals surface area (Å²) in [6, 6.07) is 10.2. The normalized spacial score (nSPS) is 14.2. The highest BCUT2D eigenvalue weighted by atomic mass is 35.5. The molecule has 0 radical (unpaired) electrons. The van der Waals surface area contributed by atoms with Gasteiger partial charge in [0, 0.05) is 18.7 Å². The van der Waals surface area contributed by atoms with Gasteiger partial charge in [0.25, 0.3) is 0 Å². The van der Waals surface area contributed by atoms with E-state index in [-0.39, 0.29) is 6.61 Å². The van der Waals surface area contributed by atoms with E-state index in [0.29, 0.717) is 22.1 Å². The second-order valence-corrected chi connectivity index (χ2v) is 6.97. The van der Waals surface area contributed by atoms with Crippen LogP contribution >= 0.6 is 23.8 Å². The summed E-state index contributed by atoms with van der Waals surface area (Å²) in [6.45, 7) is 1.88. The Morgan fingerprint density at radius 3 is 2.58 bits per heavy atom. The van der Waals surface area contributed by atoms with Crippen molar-refractivity contribution >= 4 is 28.8 Å². The Morgan fingerprint density at radius 1 is 1.15 bits per heavy atom. The number of halogens is 2. The molecule has 0 aromatic heterocycles. The first-order valence-electron chi connectivity index (χ1n) is 8.63. The lowest BCUT2D eigenvalue weighted by molar-refractivity contribution is 0.278. The van der Waals surface area contributed by atoms with Gasteiger partial charge in [-0.25, -0.2) is 4.39 Å². The van der Waals surface area contributed by atoms with Crippen molar-refractivity contribution in [1.29, 1.82) is 0 Å². The van der Waals surface area contributed by atoms with E-state index in [9.17, 15) is 4.39 Å². The number of benzene rings is 2. The average molecular weight is 394 g/mol. The van der Waals surface area contributed by atoms with Crippen LogP contribution in [0.5, 0.6) is 11.5 Å². The molecule has 3 nitrogen and oxygen atoms in total. The number of para-hydroxylation sites is 1. The minimum absolute atomic E-state index is 0.00148. The van der Waals surface area contributed by atoms with E-state index in [1.807, 2.05) is 12.1 Å². The zero-order chi connectivity index (χ0) is 18.5. The van der Waals surface area contributed by atoms with Crippen molar-refractivity contribution in [2.75, 3.05) is 20.2 Å². The first-order valence-corrected chi connectivity index (χ1v) is 9.42. The fraction of sp³-hybridized carbons (Fsp3) is 0.350. The van der Waals surface area contributed by atoms with Crippen molar-refractivity contribution in [3.63, 3.8) is 0 Å². The molecule has 0 unspecified atom stereocenters. The number of rotatable bonds is 5. The number of hydrogen-bond acceptors (Lipinski definition) is 3. The van der Waals surface area contributed by atoms with Gasteiger partial charge >= 0.3 is 0 Å². The van der Waals surface area contributed by atoms with Crippen LogP contribution < -0.4 is 9.47 Å². The third kappa shape index (κ3) is 4.10. The summed E-state index contributed by atoms with van der Waals surface area (Å²) in [5, 5.41) is 0.333. The average Bonchev–Trinajstić information content (AvgIpc) is 2.67. The van der Waals surface area contributed by atoms with Crippen LogP contribution in [-0.4, -0.2) is 30.1 Å². The molecule has 0 saturated carbocycles. The summed E-state index contributed by atoms with van der Waals surface area (Å²) in [5.41, 5.74) is 1.10. The van der Waals surface area contributed by atoms with Gasteiger partial charge in [-0.2, -0.15) is 0 Å². The van der Waals surface area contributed by atoms with Crippen LogP contribution in [0.15, 0.2) is 36.4 Å². The maximum Gasteiger partial charge on any atom is 0.171 e. The maximum absolute atomic E-state index is 14.1. The lowest BCUT2D eigenvalue weighted by Gasteiger charge is -2.30. The van der Waals surface area contributed by atoms with Crippen LogP contribution in [0.4, 0.5) is 4.39 Å². The van der Waals surface area contributed by atoms with Gasteiger partial charge in [-0.05, 0) is 43.5 Å². The van der Waals surface area contributed by atoms with Crippen LogP contribution in [0.1, 0.15) is 30.4 Å². The lowest BCUT2D eigenvalue weighted by Crippen LogP contribution is -2.35. The largest absolute Gasteiger partial charge is 0.493 e. The monoisotopic (exact) mass is 393 g/mol. The maximum atomic E-state index is 14.1. The Labute approximate surface area is 163 Å². The summed E-state index contributed by atoms with van der Waals surface area (Å²) in [7, 11) is 1.58. The van der Waals surface area contributed by atoms with Crippen molar-refractivity contribution in [2.24, 2.45) is 0 Å². The number of likely N-dealkylation sites (tertiary alicyclic amines) is 1. The summed E-state index contributed by atoms with van der Waals surface area (Å²) < 4.78 is 25.5. The van der Waals surface area contributed by atoms with Crippen LogP contribution in [0.25, 0.3) is 0 Å². The number of ether oxygens (including phenoxy) is 2. The molecule has 0 N–H and O–H groups in total. The van der Waals surface area contributed by atoms with Crippen LogP contribution in [0.3, 0.4) is 0 Å². The Balaban J connectivity index is 1.88. The fourth-order valence-electron chi connectivity index (χ4n) is 3.08. The highest BCUT2D eigenvalue weighted by Gasteiger charge is 2.21. The summed E-state index contributed by atoms with van der Waals surface area (Å²) >= 11 is 11.8. The molecule has 6 heteroatoms. The zero-order valence-corrected chi connectivity index (χ0v) is 16.2. The van der Waals surface area contributed by atoms with Crippen LogP contribution in [0, 0.1) is 5.82 Å². The number of nitrogens with zero attached hydrogens (tertiary/aromatic N) is 1. The van der Waals surface area contributed by atoms with E-state index >= 15 is 0 Å². The van der Waals surface area contributed by atoms with Gasteiger partial charge in [0.15, 0.2) is 11.5 Å². The molecule has 1 aliphatic heterocycles. The van der Waals surface area contributed by atoms with E-state index in [1.165, 1.54) is 12.5 Å². The predicted molar refractivity (Wildman–Crippen MR) is 106 cm³/mol. The quantitative estimate of drug-likeness (QED) is 0.648. The highest BCUT2D eigenvalue weighted by Crippen LogP contribution is 2.34. The zero-order valence-electron chi connectivity index (χ0n) is 14.6. The minimum Gasteiger partial charge on any atom is -0.493 e. The third-order valence-corrected chi connectivity index (χ3v) is 5.33. The molecular formula is C20H21ClFNO2S. The minimum atomic E-state index is -0.396. The summed E-state index contributed by atoms with van der Waals surface area (Å²) in [6.07, 6.45) is 3.49. The predicted octanol–water partition coefficient (Wildman–Crippen LogP) is 5.23. The van der Waals surface area contributed by atoms with Gasteiger partial charge in [0.05, 0.1) is 17.7 Å². The Kier molecular flexibility index (Phi) is 6.33. The van der Waals surface area contributed by atoms with Crippen LogP contribution in [0.2, 0.25) is 5.02 Å². The Bertz CT molecular complexity index is 773. The lowest BCUT2D eigenvalue weighted by atomic mass is 10.1. The molecule has 26 heavy (non-hydrogen) atoms. The molecule has 1 fully saturated rings. The second kappa shape index (κ2) is 8.69. The molecule has 138 valence electrons. The summed E-state index contributed by atoms with van der Waals surface area (Å²) in [5.74, 6) is 0.687. The number of hydrogen-bond donors (Lipinski definition) is 0. The molecule has 0 aliphatic carbocycles. The molecule has 2 aromatic rings. The molecule has 1 saturated heterocycles. The van der Waals surface area contributed by atoms with Crippen molar-refractivity contribution in [3.05, 3.63) is 58.4 Å². The van der Waals surface area contributed by atoms with Crippen LogP contribution in [-0.2, 0) is 6.61 Å². The molecule has 0 amide bonds. The summed E-state index contributed by atoms with van der Waals surface area (Å²) in [4.78, 5) is 2.93. The molecule has 3 rings (SSSR count). The van der Waals surface area contributed by atoms with E-state index in [1.54, 1.807) is 25.3 Å². The molecule has 1 heterocycles. The van der Waals surface area contributed by atoms with Crippen molar-refractivity contribution < 1.29 is 13.9 Å². The van der Waals surface area contributed by atoms with Gasteiger partial charge < -0.3 is 14.4 Å². The molecule has 0 spiro atoms. The smallest absolute Gasteiger partial charge is 0.171 e. The van der Waals surface area contributed by atoms with Gasteiger partial charge in [-0.15, -0.1) is 0 Å². The first kappa shape index (κ1) is 18.9. The van der Waals surface area contributed by atoms with Crippen molar-refractivity contribution in [1.82, 2.24) is 4.90 Å². The first-order chi connectivity index (χ1) is 12.6. The fourth-order valence-corrected chi connectivity index (χ4v) is 3.64. The van der Waals surface area contributed by atoms with Gasteiger partial charge in [0.1, 0.15) is 17.4 Å². The molecule has 0 bridgehead atoms. The molecular weight excluding hydrogens is 373 g/mol. The van der Waals surface area contributed by atoms with E-state index in [0.717, 1.165) is 36.5 Å². The highest BCUT2D eigenvalue weighted by molar-refractivity contribution is 7.80. The van der Waals surface area contributed by atoms with Crippen molar-refractivity contribution in [3.8, 4) is 11.5 Å². The Morgan fingerprint density at radius 2 is 1.88 bits per heavy atom. The third-order valence-electron chi connectivity index (χ3n) is 4.50. The van der Waals surface area contributed by atoms with Gasteiger partial charge in [-0.1, -0.05) is 36.0 Å². The van der Waals surface area contributed by atoms with E-state index in [2.05, 4.69) is 4.90 Å². The van der Waals surface area contributed by atoms with Crippen molar-refractivity contribution in [2.45, 2.75) is 25.9 Å². The molecule has 2 aromatic carbocycles. The number of piperidine rings is 1. The molecule has 1 aliphatic rings. The topological polar surface area (TPSA) is 21.7 Å². The van der Waals surface area contributed by atoms with E-state index in [4.69, 9.17) is 33.3 Å². The number of thiocarbonyl (C=S) groups is 1. The SMILES string of the molecule is COc1cccc(C(=S)N2CCCCC2)c1OCc1c(F)cccc1Cl. The second-order valence-electron chi connectivity index (χ2n) is 6.18. The van der Waals surface area contributed by atoms with E-state index < -0.39 is 5.82 Å². The van der Waals surface area contributed by atoms with Gasteiger partial charge in [-0.3, -0.25) is 0 Å². The van der Waals surface area contributed by atoms with Gasteiger partial charge in [0.2, 0.25) is 0 Å². The molecule has 0 atom stereocenters. The number of methoxy groups -OCH3 is 1. The Hall–Kier alpha value is -1.85. The standard InChI is InChI=1S/C20H21ClFNO2S/c1-24-18-10-5-7-14(20(26)23-11-3-2-4-12-23)19(18)25-13-15-16(21)8-6-9-17(15)22/h5-10H,2-4,11-13H2,1H3.